The van der Waals surface area contributed by atoms with Gasteiger partial charge in [-0.15, -0.1) is 0 Å². The van der Waals surface area contributed by atoms with Gasteiger partial charge in [-0.2, -0.15) is 0 Å². The highest BCUT2D eigenvalue weighted by atomic mass is 79.9. The monoisotopic (exact) mass is 590 g/mol. The summed E-state index contributed by atoms with van der Waals surface area (Å²) in [4.78, 5) is 16.1. The van der Waals surface area contributed by atoms with E-state index in [0.29, 0.717) is 0 Å². The Kier molecular flexibility index (Phi) is 11.3. The molecule has 0 fully saturated rings. The summed E-state index contributed by atoms with van der Waals surface area (Å²) in [6.07, 6.45) is 4.82. The van der Waals surface area contributed by atoms with Crippen LogP contribution < -0.4 is 9.47 Å². The first-order valence-electron chi connectivity index (χ1n) is 13.5. The van der Waals surface area contributed by atoms with Gasteiger partial charge in [-0.05, 0) is 95.7 Å². The maximum atomic E-state index is 5.83. The summed E-state index contributed by atoms with van der Waals surface area (Å²) in [6.45, 7) is 13.2. The van der Waals surface area contributed by atoms with Crippen LogP contribution in [0.4, 0.5) is 0 Å². The molecule has 5 aromatic rings. The van der Waals surface area contributed by atoms with Gasteiger partial charge in [-0.25, -0.2) is 15.0 Å². The summed E-state index contributed by atoms with van der Waals surface area (Å²) in [5.74, 6) is 2.76. The third kappa shape index (κ3) is 7.79. The zero-order valence-corrected chi connectivity index (χ0v) is 25.6. The van der Waals surface area contributed by atoms with Crippen molar-refractivity contribution in [2.75, 3.05) is 13.7 Å². The Morgan fingerprint density at radius 2 is 1.56 bits per heavy atom. The van der Waals surface area contributed by atoms with Gasteiger partial charge in [0.1, 0.15) is 23.7 Å². The van der Waals surface area contributed by atoms with Gasteiger partial charge < -0.3 is 14.5 Å². The lowest BCUT2D eigenvalue weighted by Gasteiger charge is -2.12. The summed E-state index contributed by atoms with van der Waals surface area (Å²) in [5, 5.41) is 1.02. The van der Waals surface area contributed by atoms with Crippen molar-refractivity contribution in [3.8, 4) is 22.6 Å². The largest absolute Gasteiger partial charge is 0.496 e. The average molecular weight is 592 g/mol. The molecule has 0 saturated carbocycles. The van der Waals surface area contributed by atoms with Crippen LogP contribution in [0.3, 0.4) is 0 Å². The molecule has 0 aliphatic rings. The van der Waals surface area contributed by atoms with Crippen LogP contribution in [0.2, 0.25) is 0 Å². The van der Waals surface area contributed by atoms with Gasteiger partial charge in [0, 0.05) is 11.1 Å². The minimum Gasteiger partial charge on any atom is -0.496 e. The van der Waals surface area contributed by atoms with Crippen molar-refractivity contribution in [3.05, 3.63) is 76.4 Å². The van der Waals surface area contributed by atoms with Gasteiger partial charge in [0.15, 0.2) is 0 Å². The number of ether oxygens (including phenoxy) is 2. The number of hydrogen-bond donors (Lipinski definition) is 1. The van der Waals surface area contributed by atoms with Crippen LogP contribution in [0, 0.1) is 13.8 Å². The number of fused-ring (bicyclic) bond motifs is 2. The van der Waals surface area contributed by atoms with Crippen molar-refractivity contribution < 1.29 is 9.47 Å². The molecule has 0 atom stereocenters. The molecule has 3 aromatic carbocycles. The SMILES string of the molecule is CCC.CCCOc1ccc(-c2ccc3nc(C)[nH]c3c2)cc1CC.COc1cc2c(C)ncnc2cc1Br. The van der Waals surface area contributed by atoms with Gasteiger partial charge >= 0.3 is 0 Å². The molecule has 0 spiro atoms. The third-order valence-electron chi connectivity index (χ3n) is 5.94. The topological polar surface area (TPSA) is 72.9 Å². The molecule has 0 saturated heterocycles. The zero-order chi connectivity index (χ0) is 28.4. The van der Waals surface area contributed by atoms with Gasteiger partial charge in [0.05, 0.1) is 34.7 Å². The molecule has 6 nitrogen and oxygen atoms in total. The van der Waals surface area contributed by atoms with Crippen LogP contribution in [-0.2, 0) is 6.42 Å². The lowest BCUT2D eigenvalue weighted by Crippen LogP contribution is -1.98. The summed E-state index contributed by atoms with van der Waals surface area (Å²) >= 11 is 3.42. The van der Waals surface area contributed by atoms with Crippen molar-refractivity contribution in [2.24, 2.45) is 0 Å². The summed E-state index contributed by atoms with van der Waals surface area (Å²) in [6, 6.07) is 16.7. The highest BCUT2D eigenvalue weighted by Gasteiger charge is 2.08. The van der Waals surface area contributed by atoms with Gasteiger partial charge in [0.2, 0.25) is 0 Å². The second kappa shape index (κ2) is 14.6. The number of aromatic nitrogens is 4. The molecule has 0 amide bonds. The van der Waals surface area contributed by atoms with E-state index >= 15 is 0 Å². The van der Waals surface area contributed by atoms with E-state index in [0.717, 1.165) is 68.9 Å². The normalized spacial score (nSPS) is 10.5. The first-order chi connectivity index (χ1) is 18.8. The van der Waals surface area contributed by atoms with Gasteiger partial charge in [-0.3, -0.25) is 0 Å². The molecule has 5 rings (SSSR count). The fourth-order valence-corrected chi connectivity index (χ4v) is 4.54. The lowest BCUT2D eigenvalue weighted by molar-refractivity contribution is 0.314. The molecule has 0 unspecified atom stereocenters. The molecular formula is C32H39BrN4O2. The highest BCUT2D eigenvalue weighted by molar-refractivity contribution is 9.10. The van der Waals surface area contributed by atoms with E-state index in [1.54, 1.807) is 13.4 Å². The Bertz CT molecular complexity index is 1510. The van der Waals surface area contributed by atoms with Crippen molar-refractivity contribution in [1.82, 2.24) is 19.9 Å². The number of H-pyrrole nitrogens is 1. The van der Waals surface area contributed by atoms with Crippen molar-refractivity contribution >= 4 is 37.9 Å². The quantitative estimate of drug-likeness (QED) is 0.213. The number of halogens is 1. The number of nitrogens with one attached hydrogen (secondary N) is 1. The lowest BCUT2D eigenvalue weighted by atomic mass is 10.0. The van der Waals surface area contributed by atoms with E-state index in [2.05, 4.69) is 100.0 Å². The number of rotatable bonds is 6. The van der Waals surface area contributed by atoms with Crippen LogP contribution in [0.25, 0.3) is 33.1 Å². The fourth-order valence-electron chi connectivity index (χ4n) is 4.05. The van der Waals surface area contributed by atoms with E-state index in [1.165, 1.54) is 23.1 Å². The minimum absolute atomic E-state index is 0.770. The maximum absolute atomic E-state index is 5.83. The van der Waals surface area contributed by atoms with E-state index in [1.807, 2.05) is 26.0 Å². The molecule has 39 heavy (non-hydrogen) atoms. The molecule has 2 heterocycles. The second-order valence-electron chi connectivity index (χ2n) is 9.25. The van der Waals surface area contributed by atoms with Crippen LogP contribution in [-0.4, -0.2) is 33.7 Å². The molecule has 2 aromatic heterocycles. The minimum atomic E-state index is 0.770. The van der Waals surface area contributed by atoms with Crippen molar-refractivity contribution in [1.29, 1.82) is 0 Å². The Morgan fingerprint density at radius 1 is 0.846 bits per heavy atom. The first kappa shape index (κ1) is 30.1. The number of aromatic amines is 1. The van der Waals surface area contributed by atoms with E-state index in [9.17, 15) is 0 Å². The molecule has 7 heteroatoms. The summed E-state index contributed by atoms with van der Waals surface area (Å²) in [7, 11) is 1.64. The molecule has 0 radical (unpaired) electrons. The predicted octanol–water partition coefficient (Wildman–Crippen LogP) is 9.02. The number of imidazole rings is 1. The molecular weight excluding hydrogens is 552 g/mol. The first-order valence-corrected chi connectivity index (χ1v) is 14.3. The molecule has 1 N–H and O–H groups in total. The predicted molar refractivity (Wildman–Crippen MR) is 166 cm³/mol. The van der Waals surface area contributed by atoms with Crippen molar-refractivity contribution in [2.45, 2.75) is 60.8 Å². The highest BCUT2D eigenvalue weighted by Crippen LogP contribution is 2.30. The fraction of sp³-hybridized carbons (Fsp3) is 0.344. The summed E-state index contributed by atoms with van der Waals surface area (Å²) in [5.41, 5.74) is 7.65. The number of hydrogen-bond acceptors (Lipinski definition) is 5. The Balaban J connectivity index is 0.000000212. The third-order valence-corrected chi connectivity index (χ3v) is 6.56. The van der Waals surface area contributed by atoms with Crippen LogP contribution >= 0.6 is 15.9 Å². The number of nitrogens with zero attached hydrogens (tertiary/aromatic N) is 3. The second-order valence-corrected chi connectivity index (χ2v) is 10.1. The maximum Gasteiger partial charge on any atom is 0.133 e. The Morgan fingerprint density at radius 3 is 2.26 bits per heavy atom. The van der Waals surface area contributed by atoms with E-state index in [4.69, 9.17) is 9.47 Å². The Labute approximate surface area is 240 Å². The molecule has 0 bridgehead atoms. The van der Waals surface area contributed by atoms with E-state index in [-0.39, 0.29) is 0 Å². The smallest absolute Gasteiger partial charge is 0.133 e. The van der Waals surface area contributed by atoms with Crippen LogP contribution in [0.5, 0.6) is 11.5 Å². The van der Waals surface area contributed by atoms with Crippen molar-refractivity contribution in [3.63, 3.8) is 0 Å². The number of methoxy groups -OCH3 is 1. The van der Waals surface area contributed by atoms with E-state index < -0.39 is 0 Å². The molecule has 0 aliphatic carbocycles. The molecule has 206 valence electrons. The van der Waals surface area contributed by atoms with Crippen LogP contribution in [0.15, 0.2) is 59.3 Å². The summed E-state index contributed by atoms with van der Waals surface area (Å²) < 4.78 is 11.9. The number of benzene rings is 3. The zero-order valence-electron chi connectivity index (χ0n) is 24.1. The average Bonchev–Trinajstić information content (AvgIpc) is 3.31. The van der Waals surface area contributed by atoms with Gasteiger partial charge in [0.25, 0.3) is 0 Å². The Hall–Kier alpha value is -3.45. The number of aryl methyl sites for hydroxylation is 3. The van der Waals surface area contributed by atoms with Gasteiger partial charge in [-0.1, -0.05) is 46.2 Å². The molecule has 0 aliphatic heterocycles. The standard InChI is InChI=1S/C19H22N2O.C10H9BrN2O.C3H8/c1-4-10-22-19-9-7-15(11-14(19)5-2)16-6-8-17-18(12-16)21-13(3)20-17;1-6-7-3-10(14-2)8(11)4-9(7)13-5-12-6;1-3-2/h6-9,11-12H,4-5,10H2,1-3H3,(H,20,21);3-5H,1-2H3;3H2,1-2H3. The van der Waals surface area contributed by atoms with Crippen LogP contribution in [0.1, 0.15) is 57.6 Å².